The summed E-state index contributed by atoms with van der Waals surface area (Å²) in [6, 6.07) is 0. The van der Waals surface area contributed by atoms with Crippen molar-refractivity contribution in [3.05, 3.63) is 18.1 Å². The largest absolute Gasteiger partial charge is 0.396 e. The maximum absolute atomic E-state index is 8.88. The van der Waals surface area contributed by atoms with Gasteiger partial charge in [0.2, 0.25) is 0 Å². The Morgan fingerprint density at radius 3 is 2.81 bits per heavy atom. The van der Waals surface area contributed by atoms with E-state index in [-0.39, 0.29) is 13.2 Å². The molecule has 2 N–H and O–H groups in total. The van der Waals surface area contributed by atoms with Gasteiger partial charge in [-0.05, 0) is 18.8 Å². The van der Waals surface area contributed by atoms with E-state index in [0.717, 1.165) is 31.7 Å². The second kappa shape index (κ2) is 5.23. The van der Waals surface area contributed by atoms with Crippen LogP contribution in [-0.4, -0.2) is 39.9 Å². The van der Waals surface area contributed by atoms with Gasteiger partial charge in [-0.25, -0.2) is 4.98 Å². The third-order valence-corrected chi connectivity index (χ3v) is 3.00. The third-order valence-electron chi connectivity index (χ3n) is 3.00. The van der Waals surface area contributed by atoms with Crippen molar-refractivity contribution in [2.24, 2.45) is 5.92 Å². The first-order chi connectivity index (χ1) is 7.83. The van der Waals surface area contributed by atoms with E-state index in [1.165, 1.54) is 0 Å². The Morgan fingerprint density at radius 1 is 1.31 bits per heavy atom. The molecule has 0 bridgehead atoms. The molecule has 2 rings (SSSR count). The molecular weight excluding hydrogens is 206 g/mol. The molecule has 0 saturated carbocycles. The van der Waals surface area contributed by atoms with Gasteiger partial charge in [-0.2, -0.15) is 0 Å². The maximum atomic E-state index is 8.88. The molecule has 0 amide bonds. The summed E-state index contributed by atoms with van der Waals surface area (Å²) in [7, 11) is 0. The third kappa shape index (κ3) is 2.48. The zero-order valence-corrected chi connectivity index (χ0v) is 9.21. The van der Waals surface area contributed by atoms with Crippen molar-refractivity contribution < 1.29 is 10.2 Å². The van der Waals surface area contributed by atoms with Gasteiger partial charge < -0.3 is 15.1 Å². The minimum atomic E-state index is -0.0690. The van der Waals surface area contributed by atoms with E-state index in [4.69, 9.17) is 10.2 Å². The van der Waals surface area contributed by atoms with Gasteiger partial charge >= 0.3 is 0 Å². The fraction of sp³-hybridized carbons (Fsp3) is 0.636. The standard InChI is InChI=1S/C11H17N3O2/c15-4-2-9-1-3-14(7-9)11-6-12-10(8-16)5-13-11/h5-6,9,15-16H,1-4,7-8H2. The zero-order valence-electron chi connectivity index (χ0n) is 9.21. The molecule has 1 aliphatic heterocycles. The van der Waals surface area contributed by atoms with Crippen LogP contribution in [0, 0.1) is 5.92 Å². The highest BCUT2D eigenvalue weighted by Gasteiger charge is 2.22. The Hall–Kier alpha value is -1.20. The van der Waals surface area contributed by atoms with Gasteiger partial charge in [-0.1, -0.05) is 0 Å². The van der Waals surface area contributed by atoms with Crippen LogP contribution in [0.25, 0.3) is 0 Å². The van der Waals surface area contributed by atoms with Crippen LogP contribution in [0.2, 0.25) is 0 Å². The molecule has 0 aromatic carbocycles. The molecule has 5 heteroatoms. The maximum Gasteiger partial charge on any atom is 0.147 e. The Balaban J connectivity index is 1.97. The summed E-state index contributed by atoms with van der Waals surface area (Å²) in [5, 5.41) is 17.7. The van der Waals surface area contributed by atoms with Gasteiger partial charge in [0, 0.05) is 19.7 Å². The van der Waals surface area contributed by atoms with Crippen LogP contribution >= 0.6 is 0 Å². The summed E-state index contributed by atoms with van der Waals surface area (Å²) < 4.78 is 0. The van der Waals surface area contributed by atoms with E-state index < -0.39 is 0 Å². The fourth-order valence-electron chi connectivity index (χ4n) is 2.05. The number of hydrogen-bond acceptors (Lipinski definition) is 5. The lowest BCUT2D eigenvalue weighted by Crippen LogP contribution is -2.21. The van der Waals surface area contributed by atoms with Crippen molar-refractivity contribution in [3.8, 4) is 0 Å². The number of nitrogens with zero attached hydrogens (tertiary/aromatic N) is 3. The summed E-state index contributed by atoms with van der Waals surface area (Å²) in [6.45, 7) is 2.10. The van der Waals surface area contributed by atoms with Crippen molar-refractivity contribution in [1.29, 1.82) is 0 Å². The van der Waals surface area contributed by atoms with Gasteiger partial charge in [0.25, 0.3) is 0 Å². The van der Waals surface area contributed by atoms with Gasteiger partial charge in [-0.3, -0.25) is 4.98 Å². The number of rotatable bonds is 4. The second-order valence-electron chi connectivity index (χ2n) is 4.14. The smallest absolute Gasteiger partial charge is 0.147 e. The molecule has 16 heavy (non-hydrogen) atoms. The van der Waals surface area contributed by atoms with Crippen molar-refractivity contribution in [2.45, 2.75) is 19.4 Å². The summed E-state index contributed by atoms with van der Waals surface area (Å²) in [5.41, 5.74) is 0.592. The Kier molecular flexibility index (Phi) is 3.69. The van der Waals surface area contributed by atoms with E-state index in [9.17, 15) is 0 Å². The number of anilines is 1. The van der Waals surface area contributed by atoms with Crippen LogP contribution in [0.3, 0.4) is 0 Å². The highest BCUT2D eigenvalue weighted by atomic mass is 16.3. The fourth-order valence-corrected chi connectivity index (χ4v) is 2.05. The van der Waals surface area contributed by atoms with Crippen LogP contribution in [0.5, 0.6) is 0 Å². The van der Waals surface area contributed by atoms with Gasteiger partial charge in [-0.15, -0.1) is 0 Å². The van der Waals surface area contributed by atoms with E-state index >= 15 is 0 Å². The molecule has 88 valence electrons. The molecule has 0 spiro atoms. The average Bonchev–Trinajstić information content (AvgIpc) is 2.78. The predicted molar refractivity (Wildman–Crippen MR) is 60.0 cm³/mol. The monoisotopic (exact) mass is 223 g/mol. The first-order valence-corrected chi connectivity index (χ1v) is 5.61. The highest BCUT2D eigenvalue weighted by molar-refractivity contribution is 5.37. The molecule has 1 saturated heterocycles. The summed E-state index contributed by atoms with van der Waals surface area (Å²) in [5.74, 6) is 1.42. The van der Waals surface area contributed by atoms with Gasteiger partial charge in [0.15, 0.2) is 0 Å². The van der Waals surface area contributed by atoms with Crippen molar-refractivity contribution in [2.75, 3.05) is 24.6 Å². The lowest BCUT2D eigenvalue weighted by molar-refractivity contribution is 0.263. The van der Waals surface area contributed by atoms with Crippen molar-refractivity contribution in [3.63, 3.8) is 0 Å². The van der Waals surface area contributed by atoms with E-state index in [1.54, 1.807) is 12.4 Å². The number of aromatic nitrogens is 2. The molecule has 1 aromatic rings. The first kappa shape index (κ1) is 11.3. The molecule has 1 atom stereocenters. The van der Waals surface area contributed by atoms with E-state index in [1.807, 2.05) is 0 Å². The summed E-state index contributed by atoms with van der Waals surface area (Å²) in [6.07, 6.45) is 5.27. The Morgan fingerprint density at radius 2 is 2.19 bits per heavy atom. The van der Waals surface area contributed by atoms with Gasteiger partial charge in [0.1, 0.15) is 5.82 Å². The van der Waals surface area contributed by atoms with Crippen LogP contribution in [0.1, 0.15) is 18.5 Å². The molecule has 0 aliphatic carbocycles. The van der Waals surface area contributed by atoms with Crippen molar-refractivity contribution in [1.82, 2.24) is 9.97 Å². The average molecular weight is 223 g/mol. The molecule has 5 nitrogen and oxygen atoms in total. The van der Waals surface area contributed by atoms with E-state index in [2.05, 4.69) is 14.9 Å². The highest BCUT2D eigenvalue weighted by Crippen LogP contribution is 2.23. The minimum absolute atomic E-state index is 0.0690. The first-order valence-electron chi connectivity index (χ1n) is 5.61. The Bertz CT molecular complexity index is 329. The Labute approximate surface area is 94.8 Å². The second-order valence-corrected chi connectivity index (χ2v) is 4.14. The molecule has 2 heterocycles. The molecule has 1 aliphatic rings. The van der Waals surface area contributed by atoms with Crippen LogP contribution in [0.4, 0.5) is 5.82 Å². The molecule has 1 fully saturated rings. The lowest BCUT2D eigenvalue weighted by atomic mass is 10.1. The SMILES string of the molecule is OCCC1CCN(c2cnc(CO)cn2)C1. The topological polar surface area (TPSA) is 69.5 Å². The van der Waals surface area contributed by atoms with Crippen LogP contribution in [-0.2, 0) is 6.61 Å². The van der Waals surface area contributed by atoms with Crippen LogP contribution < -0.4 is 4.90 Å². The molecule has 1 unspecified atom stereocenters. The van der Waals surface area contributed by atoms with Crippen LogP contribution in [0.15, 0.2) is 12.4 Å². The molecule has 1 aromatic heterocycles. The summed E-state index contributed by atoms with van der Waals surface area (Å²) >= 11 is 0. The minimum Gasteiger partial charge on any atom is -0.396 e. The van der Waals surface area contributed by atoms with E-state index in [0.29, 0.717) is 11.6 Å². The number of hydrogen-bond donors (Lipinski definition) is 2. The lowest BCUT2D eigenvalue weighted by Gasteiger charge is -2.16. The van der Waals surface area contributed by atoms with Gasteiger partial charge in [0.05, 0.1) is 24.7 Å². The molecule has 0 radical (unpaired) electrons. The normalized spacial score (nSPS) is 20.4. The number of aliphatic hydroxyl groups is 2. The quantitative estimate of drug-likeness (QED) is 0.762. The van der Waals surface area contributed by atoms with Crippen molar-refractivity contribution >= 4 is 5.82 Å². The predicted octanol–water partition coefficient (Wildman–Crippen LogP) is 0.178. The molecular formula is C11H17N3O2. The number of aliphatic hydroxyl groups excluding tert-OH is 2. The summed E-state index contributed by atoms with van der Waals surface area (Å²) in [4.78, 5) is 10.6. The zero-order chi connectivity index (χ0) is 11.4.